The first kappa shape index (κ1) is 9.25. The molecule has 0 unspecified atom stereocenters. The zero-order valence-corrected chi connectivity index (χ0v) is 7.11. The third-order valence-corrected chi connectivity index (χ3v) is 1.51. The second-order valence-electron chi connectivity index (χ2n) is 2.33. The van der Waals surface area contributed by atoms with E-state index < -0.39 is 5.97 Å². The average Bonchev–Trinajstić information content (AvgIpc) is 2.18. The molecule has 0 aliphatic rings. The number of esters is 1. The molecule has 1 amide bonds. The lowest BCUT2D eigenvalue weighted by Gasteiger charge is -2.01. The van der Waals surface area contributed by atoms with Crippen LogP contribution in [-0.4, -0.2) is 19.5 Å². The van der Waals surface area contributed by atoms with E-state index in [-0.39, 0.29) is 0 Å². The number of rotatable bonds is 3. The maximum Gasteiger partial charge on any atom is 0.337 e. The monoisotopic (exact) mass is 179 g/mol. The third kappa shape index (κ3) is 2.30. The van der Waals surface area contributed by atoms with Gasteiger partial charge in [-0.05, 0) is 18.2 Å². The van der Waals surface area contributed by atoms with E-state index in [2.05, 4.69) is 10.1 Å². The SMILES string of the molecule is COC(=O)c1cccc(NC=O)c1. The number of methoxy groups -OCH3 is 1. The summed E-state index contributed by atoms with van der Waals surface area (Å²) in [7, 11) is 1.31. The van der Waals surface area contributed by atoms with E-state index >= 15 is 0 Å². The van der Waals surface area contributed by atoms with Gasteiger partial charge in [-0.25, -0.2) is 4.79 Å². The smallest absolute Gasteiger partial charge is 0.337 e. The fourth-order valence-corrected chi connectivity index (χ4v) is 0.922. The highest BCUT2D eigenvalue weighted by atomic mass is 16.5. The molecule has 0 fully saturated rings. The maximum atomic E-state index is 11.0. The molecule has 0 radical (unpaired) electrons. The first-order chi connectivity index (χ1) is 6.27. The van der Waals surface area contributed by atoms with Crippen LogP contribution < -0.4 is 5.32 Å². The van der Waals surface area contributed by atoms with Crippen LogP contribution in [0.15, 0.2) is 24.3 Å². The van der Waals surface area contributed by atoms with Gasteiger partial charge in [0, 0.05) is 5.69 Å². The van der Waals surface area contributed by atoms with Crippen LogP contribution in [0.5, 0.6) is 0 Å². The van der Waals surface area contributed by atoms with Gasteiger partial charge in [0.1, 0.15) is 0 Å². The van der Waals surface area contributed by atoms with E-state index in [4.69, 9.17) is 0 Å². The molecule has 0 saturated carbocycles. The van der Waals surface area contributed by atoms with Gasteiger partial charge in [-0.15, -0.1) is 0 Å². The number of benzene rings is 1. The summed E-state index contributed by atoms with van der Waals surface area (Å²) in [6.07, 6.45) is 0.552. The van der Waals surface area contributed by atoms with Gasteiger partial charge in [-0.1, -0.05) is 6.07 Å². The van der Waals surface area contributed by atoms with E-state index in [1.807, 2.05) is 0 Å². The lowest BCUT2D eigenvalue weighted by molar-refractivity contribution is -0.105. The zero-order chi connectivity index (χ0) is 9.68. The highest BCUT2D eigenvalue weighted by Crippen LogP contribution is 2.10. The molecule has 4 nitrogen and oxygen atoms in total. The second kappa shape index (κ2) is 4.25. The molecule has 0 bridgehead atoms. The Hall–Kier alpha value is -1.84. The molecule has 1 rings (SSSR count). The molecule has 0 aromatic heterocycles. The lowest BCUT2D eigenvalue weighted by Crippen LogP contribution is -2.02. The minimum Gasteiger partial charge on any atom is -0.465 e. The summed E-state index contributed by atoms with van der Waals surface area (Å²) < 4.78 is 4.51. The molecule has 0 atom stereocenters. The molecule has 0 heterocycles. The molecule has 0 spiro atoms. The fraction of sp³-hybridized carbons (Fsp3) is 0.111. The number of ether oxygens (including phenoxy) is 1. The van der Waals surface area contributed by atoms with E-state index in [1.165, 1.54) is 7.11 Å². The van der Waals surface area contributed by atoms with Crippen LogP contribution in [0.1, 0.15) is 10.4 Å². The summed E-state index contributed by atoms with van der Waals surface area (Å²) in [4.78, 5) is 21.1. The Morgan fingerprint density at radius 3 is 2.92 bits per heavy atom. The Morgan fingerprint density at radius 2 is 2.31 bits per heavy atom. The van der Waals surface area contributed by atoms with Gasteiger partial charge in [0.25, 0.3) is 0 Å². The molecule has 1 aromatic rings. The minimum absolute atomic E-state index is 0.411. The number of amides is 1. The standard InChI is InChI=1S/C9H9NO3/c1-13-9(12)7-3-2-4-8(5-7)10-6-11/h2-6H,1H3,(H,10,11). The minimum atomic E-state index is -0.422. The van der Waals surface area contributed by atoms with Crippen LogP contribution in [0.25, 0.3) is 0 Å². The molecular formula is C9H9NO3. The number of carbonyl (C=O) groups is 2. The first-order valence-electron chi connectivity index (χ1n) is 3.66. The van der Waals surface area contributed by atoms with Crippen molar-refractivity contribution in [2.75, 3.05) is 12.4 Å². The van der Waals surface area contributed by atoms with Crippen LogP contribution in [0.3, 0.4) is 0 Å². The summed E-state index contributed by atoms with van der Waals surface area (Å²) >= 11 is 0. The average molecular weight is 179 g/mol. The molecule has 13 heavy (non-hydrogen) atoms. The number of carbonyl (C=O) groups excluding carboxylic acids is 2. The summed E-state index contributed by atoms with van der Waals surface area (Å²) in [6.45, 7) is 0. The zero-order valence-electron chi connectivity index (χ0n) is 7.11. The first-order valence-corrected chi connectivity index (χ1v) is 3.66. The predicted molar refractivity (Wildman–Crippen MR) is 47.5 cm³/mol. The number of anilines is 1. The number of nitrogens with one attached hydrogen (secondary N) is 1. The van der Waals surface area contributed by atoms with Crippen molar-refractivity contribution in [3.63, 3.8) is 0 Å². The van der Waals surface area contributed by atoms with Crippen LogP contribution in [-0.2, 0) is 9.53 Å². The second-order valence-corrected chi connectivity index (χ2v) is 2.33. The number of hydrogen-bond acceptors (Lipinski definition) is 3. The van der Waals surface area contributed by atoms with Crippen molar-refractivity contribution in [3.05, 3.63) is 29.8 Å². The van der Waals surface area contributed by atoms with Crippen molar-refractivity contribution in [1.82, 2.24) is 0 Å². The Bertz CT molecular complexity index is 322. The molecule has 1 N–H and O–H groups in total. The molecule has 68 valence electrons. The summed E-state index contributed by atoms with van der Waals surface area (Å²) in [5, 5.41) is 2.44. The van der Waals surface area contributed by atoms with Crippen molar-refractivity contribution in [3.8, 4) is 0 Å². The molecule has 4 heteroatoms. The van der Waals surface area contributed by atoms with E-state index in [0.717, 1.165) is 0 Å². The summed E-state index contributed by atoms with van der Waals surface area (Å²) in [6, 6.07) is 6.50. The van der Waals surface area contributed by atoms with E-state index in [9.17, 15) is 9.59 Å². The predicted octanol–water partition coefficient (Wildman–Crippen LogP) is 1.04. The van der Waals surface area contributed by atoms with Crippen LogP contribution in [0.2, 0.25) is 0 Å². The number of hydrogen-bond donors (Lipinski definition) is 1. The normalized spacial score (nSPS) is 9.00. The van der Waals surface area contributed by atoms with Crippen molar-refractivity contribution in [2.24, 2.45) is 0 Å². The largest absolute Gasteiger partial charge is 0.465 e. The van der Waals surface area contributed by atoms with Gasteiger partial charge < -0.3 is 10.1 Å². The Kier molecular flexibility index (Phi) is 3.03. The highest BCUT2D eigenvalue weighted by molar-refractivity contribution is 5.91. The highest BCUT2D eigenvalue weighted by Gasteiger charge is 2.04. The lowest BCUT2D eigenvalue weighted by atomic mass is 10.2. The van der Waals surface area contributed by atoms with Crippen molar-refractivity contribution in [2.45, 2.75) is 0 Å². The van der Waals surface area contributed by atoms with Crippen molar-refractivity contribution < 1.29 is 14.3 Å². The Morgan fingerprint density at radius 1 is 1.54 bits per heavy atom. The molecular weight excluding hydrogens is 170 g/mol. The van der Waals surface area contributed by atoms with Gasteiger partial charge in [0.2, 0.25) is 6.41 Å². The Labute approximate surface area is 75.5 Å². The van der Waals surface area contributed by atoms with Gasteiger partial charge in [-0.2, -0.15) is 0 Å². The van der Waals surface area contributed by atoms with Gasteiger partial charge >= 0.3 is 5.97 Å². The van der Waals surface area contributed by atoms with Gasteiger partial charge in [0.15, 0.2) is 0 Å². The van der Waals surface area contributed by atoms with Crippen LogP contribution >= 0.6 is 0 Å². The van der Waals surface area contributed by atoms with Crippen LogP contribution in [0, 0.1) is 0 Å². The topological polar surface area (TPSA) is 55.4 Å². The fourth-order valence-electron chi connectivity index (χ4n) is 0.922. The van der Waals surface area contributed by atoms with E-state index in [0.29, 0.717) is 17.7 Å². The summed E-state index contributed by atoms with van der Waals surface area (Å²) in [5.41, 5.74) is 0.979. The van der Waals surface area contributed by atoms with E-state index in [1.54, 1.807) is 24.3 Å². The summed E-state index contributed by atoms with van der Waals surface area (Å²) in [5.74, 6) is -0.422. The maximum absolute atomic E-state index is 11.0. The van der Waals surface area contributed by atoms with Crippen molar-refractivity contribution in [1.29, 1.82) is 0 Å². The quantitative estimate of drug-likeness (QED) is 0.557. The Balaban J connectivity index is 2.90. The van der Waals surface area contributed by atoms with Gasteiger partial charge in [0.05, 0.1) is 12.7 Å². The van der Waals surface area contributed by atoms with Gasteiger partial charge in [-0.3, -0.25) is 4.79 Å². The molecule has 0 saturated heterocycles. The molecule has 0 aliphatic carbocycles. The third-order valence-electron chi connectivity index (χ3n) is 1.51. The van der Waals surface area contributed by atoms with Crippen LogP contribution in [0.4, 0.5) is 5.69 Å². The molecule has 0 aliphatic heterocycles. The molecule has 1 aromatic carbocycles. The van der Waals surface area contributed by atoms with Crippen molar-refractivity contribution >= 4 is 18.1 Å².